The number of nitrogens with one attached hydrogen (secondary N) is 1. The van der Waals surface area contributed by atoms with Crippen molar-refractivity contribution in [2.45, 2.75) is 33.3 Å². The first-order chi connectivity index (χ1) is 9.77. The van der Waals surface area contributed by atoms with Gasteiger partial charge < -0.3 is 20.0 Å². The second-order valence-electron chi connectivity index (χ2n) is 5.89. The van der Waals surface area contributed by atoms with Crippen LogP contribution >= 0.6 is 0 Å². The van der Waals surface area contributed by atoms with Crippen molar-refractivity contribution < 1.29 is 24.2 Å². The number of carbonyl (C=O) groups is 3. The second-order valence-corrected chi connectivity index (χ2v) is 5.89. The van der Waals surface area contributed by atoms with E-state index < -0.39 is 17.4 Å². The van der Waals surface area contributed by atoms with Crippen molar-refractivity contribution in [2.24, 2.45) is 5.41 Å². The molecule has 1 aliphatic rings. The molecule has 6 nitrogen and oxygen atoms in total. The van der Waals surface area contributed by atoms with E-state index in [9.17, 15) is 19.5 Å². The maximum atomic E-state index is 12.0. The summed E-state index contributed by atoms with van der Waals surface area (Å²) in [6, 6.07) is 4.97. The Morgan fingerprint density at radius 3 is 2.71 bits per heavy atom. The number of rotatable bonds is 5. The third-order valence-corrected chi connectivity index (χ3v) is 3.23. The van der Waals surface area contributed by atoms with Crippen molar-refractivity contribution in [3.05, 3.63) is 29.3 Å². The van der Waals surface area contributed by atoms with Gasteiger partial charge in [-0.05, 0) is 24.0 Å². The molecule has 6 heteroatoms. The number of amides is 1. The highest BCUT2D eigenvalue weighted by atomic mass is 16.5. The molecule has 1 N–H and O–H groups in total. The lowest BCUT2D eigenvalue weighted by atomic mass is 9.85. The van der Waals surface area contributed by atoms with E-state index >= 15 is 0 Å². The van der Waals surface area contributed by atoms with Gasteiger partial charge in [0.05, 0.1) is 5.56 Å². The highest BCUT2D eigenvalue weighted by molar-refractivity contribution is 5.97. The minimum Gasteiger partial charge on any atom is -0.550 e. The van der Waals surface area contributed by atoms with Crippen LogP contribution in [0, 0.1) is 5.41 Å². The maximum absolute atomic E-state index is 12.0. The van der Waals surface area contributed by atoms with E-state index in [0.29, 0.717) is 11.3 Å². The zero-order valence-corrected chi connectivity index (χ0v) is 11.9. The van der Waals surface area contributed by atoms with Gasteiger partial charge in [0.15, 0.2) is 0 Å². The number of fused-ring (bicyclic) bond motifs is 1. The minimum atomic E-state index is -1.19. The monoisotopic (exact) mass is 290 g/mol. The van der Waals surface area contributed by atoms with Crippen LogP contribution in [-0.4, -0.2) is 17.8 Å². The van der Waals surface area contributed by atoms with Crippen LogP contribution in [0.4, 0.5) is 5.69 Å². The molecule has 2 rings (SSSR count). The number of hydrogen-bond donors (Lipinski definition) is 1. The lowest BCUT2D eigenvalue weighted by Crippen LogP contribution is -2.31. The molecular weight excluding hydrogens is 274 g/mol. The second kappa shape index (κ2) is 5.55. The average molecular weight is 290 g/mol. The molecule has 0 aromatic heterocycles. The SMILES string of the molecule is CC(C)(CC(=O)[O-])CC(=O)Nc1ccc2c(c1)C(=O)OC2. The number of carbonyl (C=O) groups excluding carboxylic acids is 3. The standard InChI is InChI=1S/C15H17NO5/c1-15(2,7-13(18)19)6-12(17)16-10-4-3-9-8-21-14(20)11(9)5-10/h3-5H,6-8H2,1-2H3,(H,16,17)(H,18,19)/p-1. The zero-order chi connectivity index (χ0) is 15.6. The molecule has 0 saturated carbocycles. The van der Waals surface area contributed by atoms with E-state index in [-0.39, 0.29) is 25.4 Å². The van der Waals surface area contributed by atoms with Gasteiger partial charge in [-0.1, -0.05) is 19.9 Å². The van der Waals surface area contributed by atoms with Crippen LogP contribution in [0.3, 0.4) is 0 Å². The summed E-state index contributed by atoms with van der Waals surface area (Å²) in [6.45, 7) is 3.62. The lowest BCUT2D eigenvalue weighted by molar-refractivity contribution is -0.307. The summed E-state index contributed by atoms with van der Waals surface area (Å²) in [5.41, 5.74) is 1.03. The summed E-state index contributed by atoms with van der Waals surface area (Å²) in [4.78, 5) is 34.0. The summed E-state index contributed by atoms with van der Waals surface area (Å²) in [6.07, 6.45) is -0.153. The van der Waals surface area contributed by atoms with E-state index in [2.05, 4.69) is 5.32 Å². The number of cyclic esters (lactones) is 1. The molecule has 1 heterocycles. The van der Waals surface area contributed by atoms with Crippen molar-refractivity contribution >= 4 is 23.5 Å². The topological polar surface area (TPSA) is 95.5 Å². The third-order valence-electron chi connectivity index (χ3n) is 3.23. The maximum Gasteiger partial charge on any atom is 0.338 e. The van der Waals surface area contributed by atoms with Crippen LogP contribution in [-0.2, 0) is 20.9 Å². The number of aliphatic carboxylic acids is 1. The molecule has 1 aliphatic heterocycles. The number of carboxylic acid groups (broad SMARTS) is 1. The molecule has 0 fully saturated rings. The van der Waals surface area contributed by atoms with E-state index in [1.54, 1.807) is 32.0 Å². The first-order valence-electron chi connectivity index (χ1n) is 6.57. The van der Waals surface area contributed by atoms with Gasteiger partial charge in [-0.15, -0.1) is 0 Å². The predicted molar refractivity (Wildman–Crippen MR) is 72.2 cm³/mol. The van der Waals surface area contributed by atoms with Gasteiger partial charge in [0.25, 0.3) is 0 Å². The fourth-order valence-corrected chi connectivity index (χ4v) is 2.28. The van der Waals surface area contributed by atoms with Gasteiger partial charge >= 0.3 is 5.97 Å². The fraction of sp³-hybridized carbons (Fsp3) is 0.400. The normalized spacial score (nSPS) is 13.5. The molecule has 1 amide bonds. The Kier molecular flexibility index (Phi) is 3.97. The van der Waals surface area contributed by atoms with Crippen LogP contribution in [0.15, 0.2) is 18.2 Å². The molecule has 1 aromatic carbocycles. The number of ether oxygens (including phenoxy) is 1. The molecule has 0 saturated heterocycles. The number of anilines is 1. The van der Waals surface area contributed by atoms with Gasteiger partial charge in [0.1, 0.15) is 6.61 Å². The Morgan fingerprint density at radius 2 is 2.05 bits per heavy atom. The fourth-order valence-electron chi connectivity index (χ4n) is 2.28. The molecule has 0 aliphatic carbocycles. The molecule has 0 spiro atoms. The number of carboxylic acids is 1. The molecule has 0 atom stereocenters. The molecule has 0 unspecified atom stereocenters. The van der Waals surface area contributed by atoms with Crippen molar-refractivity contribution in [1.29, 1.82) is 0 Å². The highest BCUT2D eigenvalue weighted by Crippen LogP contribution is 2.27. The summed E-state index contributed by atoms with van der Waals surface area (Å²) < 4.78 is 4.88. The largest absolute Gasteiger partial charge is 0.550 e. The predicted octanol–water partition coefficient (Wildman–Crippen LogP) is 0.852. The van der Waals surface area contributed by atoms with Crippen molar-refractivity contribution in [2.75, 3.05) is 5.32 Å². The van der Waals surface area contributed by atoms with Crippen molar-refractivity contribution in [3.8, 4) is 0 Å². The van der Waals surface area contributed by atoms with E-state index in [1.165, 1.54) is 0 Å². The molecule has 0 radical (unpaired) electrons. The third kappa shape index (κ3) is 3.81. The van der Waals surface area contributed by atoms with Crippen LogP contribution in [0.25, 0.3) is 0 Å². The van der Waals surface area contributed by atoms with Crippen molar-refractivity contribution in [3.63, 3.8) is 0 Å². The Bertz CT molecular complexity index is 606. The van der Waals surface area contributed by atoms with Gasteiger partial charge in [-0.3, -0.25) is 4.79 Å². The van der Waals surface area contributed by atoms with Crippen LogP contribution in [0.2, 0.25) is 0 Å². The van der Waals surface area contributed by atoms with Gasteiger partial charge in [0, 0.05) is 23.6 Å². The average Bonchev–Trinajstić information content (AvgIpc) is 2.68. The molecule has 0 bridgehead atoms. The highest BCUT2D eigenvalue weighted by Gasteiger charge is 2.24. The summed E-state index contributed by atoms with van der Waals surface area (Å²) in [5.74, 6) is -1.90. The summed E-state index contributed by atoms with van der Waals surface area (Å²) in [5, 5.41) is 13.3. The van der Waals surface area contributed by atoms with Crippen LogP contribution in [0.1, 0.15) is 42.6 Å². The summed E-state index contributed by atoms with van der Waals surface area (Å²) in [7, 11) is 0. The van der Waals surface area contributed by atoms with Crippen LogP contribution in [0.5, 0.6) is 0 Å². The van der Waals surface area contributed by atoms with Crippen molar-refractivity contribution in [1.82, 2.24) is 0 Å². The van der Waals surface area contributed by atoms with E-state index in [1.807, 2.05) is 0 Å². The lowest BCUT2D eigenvalue weighted by Gasteiger charge is -2.24. The minimum absolute atomic E-state index is 0.0442. The molecule has 21 heavy (non-hydrogen) atoms. The Balaban J connectivity index is 2.02. The Labute approximate surface area is 122 Å². The van der Waals surface area contributed by atoms with Gasteiger partial charge in [-0.25, -0.2) is 4.79 Å². The quantitative estimate of drug-likeness (QED) is 0.811. The number of hydrogen-bond acceptors (Lipinski definition) is 5. The number of esters is 1. The first-order valence-corrected chi connectivity index (χ1v) is 6.57. The summed E-state index contributed by atoms with van der Waals surface area (Å²) >= 11 is 0. The first kappa shape index (κ1) is 15.0. The van der Waals surface area contributed by atoms with Crippen LogP contribution < -0.4 is 10.4 Å². The zero-order valence-electron chi connectivity index (χ0n) is 11.9. The Morgan fingerprint density at radius 1 is 1.33 bits per heavy atom. The van der Waals surface area contributed by atoms with E-state index in [0.717, 1.165) is 5.56 Å². The number of benzene rings is 1. The molecule has 1 aromatic rings. The Hall–Kier alpha value is -2.37. The van der Waals surface area contributed by atoms with Gasteiger partial charge in [-0.2, -0.15) is 0 Å². The van der Waals surface area contributed by atoms with Gasteiger partial charge in [0.2, 0.25) is 5.91 Å². The smallest absolute Gasteiger partial charge is 0.338 e. The van der Waals surface area contributed by atoms with E-state index in [4.69, 9.17) is 4.74 Å². The molecular formula is C15H16NO5-. The molecule has 112 valence electrons.